The van der Waals surface area contributed by atoms with Crippen LogP contribution in [0.3, 0.4) is 0 Å². The van der Waals surface area contributed by atoms with Gasteiger partial charge in [-0.1, -0.05) is 0 Å². The first-order chi connectivity index (χ1) is 12.0. The van der Waals surface area contributed by atoms with Gasteiger partial charge in [-0.05, 0) is 55.3 Å². The lowest BCUT2D eigenvalue weighted by Crippen LogP contribution is -1.91. The lowest BCUT2D eigenvalue weighted by atomic mass is 10.1. The van der Waals surface area contributed by atoms with Crippen LogP contribution in [0.25, 0.3) is 10.9 Å². The standard InChI is InChI=1S/C17H14N2O3.CO2/c1-11-9-15-16(10-12(11)2)18-8-7-17(15)22-14-5-3-13(4-6-14)19(20)21;2-1-3/h3-10H,1-2H3;. The van der Waals surface area contributed by atoms with Crippen LogP contribution in [-0.4, -0.2) is 16.1 Å². The first kappa shape index (κ1) is 17.8. The molecule has 0 N–H and O–H groups in total. The Morgan fingerprint density at radius 3 is 2.24 bits per heavy atom. The minimum absolute atomic E-state index is 0.0402. The maximum atomic E-state index is 10.7. The summed E-state index contributed by atoms with van der Waals surface area (Å²) >= 11 is 0. The third kappa shape index (κ3) is 4.25. The second-order valence-electron chi connectivity index (χ2n) is 5.20. The zero-order valence-corrected chi connectivity index (χ0v) is 13.6. The molecule has 0 bridgehead atoms. The number of non-ortho nitro benzene ring substituents is 1. The minimum atomic E-state index is -0.433. The zero-order chi connectivity index (χ0) is 18.4. The lowest BCUT2D eigenvalue weighted by molar-refractivity contribution is -0.384. The molecular weight excluding hydrogens is 324 g/mol. The van der Waals surface area contributed by atoms with E-state index in [1.165, 1.54) is 17.7 Å². The monoisotopic (exact) mass is 338 g/mol. The predicted molar refractivity (Wildman–Crippen MR) is 89.4 cm³/mol. The number of ether oxygens (including phenoxy) is 1. The van der Waals surface area contributed by atoms with Gasteiger partial charge in [0.05, 0.1) is 10.4 Å². The van der Waals surface area contributed by atoms with Crippen molar-refractivity contribution in [2.45, 2.75) is 13.8 Å². The summed E-state index contributed by atoms with van der Waals surface area (Å²) in [6, 6.07) is 11.9. The molecule has 0 saturated heterocycles. The van der Waals surface area contributed by atoms with Crippen LogP contribution in [0.2, 0.25) is 0 Å². The molecule has 0 saturated carbocycles. The van der Waals surface area contributed by atoms with Crippen LogP contribution >= 0.6 is 0 Å². The molecule has 0 aliphatic carbocycles. The Balaban J connectivity index is 0.000000701. The number of pyridine rings is 1. The Morgan fingerprint density at radius 1 is 1.04 bits per heavy atom. The van der Waals surface area contributed by atoms with Gasteiger partial charge in [0.1, 0.15) is 11.5 Å². The molecule has 1 heterocycles. The number of benzene rings is 2. The van der Waals surface area contributed by atoms with E-state index in [4.69, 9.17) is 14.3 Å². The summed E-state index contributed by atoms with van der Waals surface area (Å²) in [4.78, 5) is 30.8. The van der Waals surface area contributed by atoms with Crippen molar-refractivity contribution in [2.24, 2.45) is 0 Å². The second kappa shape index (κ2) is 7.81. The molecule has 0 unspecified atom stereocenters. The van der Waals surface area contributed by atoms with Gasteiger partial charge in [0, 0.05) is 23.7 Å². The van der Waals surface area contributed by atoms with E-state index >= 15 is 0 Å². The Labute approximate surface area is 143 Å². The first-order valence-corrected chi connectivity index (χ1v) is 7.24. The second-order valence-corrected chi connectivity index (χ2v) is 5.20. The Bertz CT molecular complexity index is 946. The third-order valence-corrected chi connectivity index (χ3v) is 3.59. The van der Waals surface area contributed by atoms with Crippen LogP contribution < -0.4 is 4.74 Å². The molecule has 25 heavy (non-hydrogen) atoms. The van der Waals surface area contributed by atoms with Crippen molar-refractivity contribution in [1.29, 1.82) is 0 Å². The highest BCUT2D eigenvalue weighted by atomic mass is 16.6. The molecule has 7 heteroatoms. The highest BCUT2D eigenvalue weighted by Crippen LogP contribution is 2.31. The van der Waals surface area contributed by atoms with Crippen molar-refractivity contribution in [1.82, 2.24) is 4.98 Å². The number of nitro groups is 1. The van der Waals surface area contributed by atoms with E-state index in [2.05, 4.69) is 4.98 Å². The molecule has 3 aromatic rings. The summed E-state index contributed by atoms with van der Waals surface area (Å²) in [5, 5.41) is 11.6. The van der Waals surface area contributed by atoms with Crippen LogP contribution in [-0.2, 0) is 9.59 Å². The average molecular weight is 338 g/mol. The van der Waals surface area contributed by atoms with E-state index in [1.807, 2.05) is 26.0 Å². The average Bonchev–Trinajstić information content (AvgIpc) is 2.58. The molecule has 7 nitrogen and oxygen atoms in total. The topological polar surface area (TPSA) is 99.4 Å². The Morgan fingerprint density at radius 2 is 1.64 bits per heavy atom. The first-order valence-electron chi connectivity index (χ1n) is 7.24. The van der Waals surface area contributed by atoms with Crippen LogP contribution in [0.15, 0.2) is 48.7 Å². The summed E-state index contributed by atoms with van der Waals surface area (Å²) in [6.45, 7) is 4.08. The number of aromatic nitrogens is 1. The van der Waals surface area contributed by atoms with Gasteiger partial charge in [-0.15, -0.1) is 0 Å². The number of nitrogens with zero attached hydrogens (tertiary/aromatic N) is 2. The molecule has 0 amide bonds. The number of hydrogen-bond acceptors (Lipinski definition) is 6. The SMILES string of the molecule is Cc1cc2nccc(Oc3ccc([N+](=O)[O-])cc3)c2cc1C.O=C=O. The van der Waals surface area contributed by atoms with E-state index < -0.39 is 4.92 Å². The molecule has 0 aliphatic rings. The van der Waals surface area contributed by atoms with Crippen LogP contribution in [0.1, 0.15) is 11.1 Å². The molecule has 1 aromatic heterocycles. The summed E-state index contributed by atoms with van der Waals surface area (Å²) < 4.78 is 5.86. The van der Waals surface area contributed by atoms with Crippen LogP contribution in [0.5, 0.6) is 11.5 Å². The summed E-state index contributed by atoms with van der Waals surface area (Å²) in [5.74, 6) is 1.23. The number of fused-ring (bicyclic) bond motifs is 1. The normalized spacial score (nSPS) is 9.68. The van der Waals surface area contributed by atoms with E-state index in [0.29, 0.717) is 11.5 Å². The largest absolute Gasteiger partial charge is 0.457 e. The van der Waals surface area contributed by atoms with Gasteiger partial charge in [-0.3, -0.25) is 15.1 Å². The fourth-order valence-corrected chi connectivity index (χ4v) is 2.23. The fraction of sp³-hybridized carbons (Fsp3) is 0.111. The van der Waals surface area contributed by atoms with Gasteiger partial charge < -0.3 is 4.74 Å². The van der Waals surface area contributed by atoms with E-state index in [-0.39, 0.29) is 11.8 Å². The van der Waals surface area contributed by atoms with Crippen molar-refractivity contribution >= 4 is 22.7 Å². The van der Waals surface area contributed by atoms with Crippen LogP contribution in [0.4, 0.5) is 5.69 Å². The maximum Gasteiger partial charge on any atom is 0.373 e. The Hall–Kier alpha value is -3.57. The van der Waals surface area contributed by atoms with Crippen molar-refractivity contribution in [2.75, 3.05) is 0 Å². The maximum absolute atomic E-state index is 10.7. The predicted octanol–water partition coefficient (Wildman–Crippen LogP) is 3.97. The van der Waals surface area contributed by atoms with Gasteiger partial charge in [0.15, 0.2) is 0 Å². The highest BCUT2D eigenvalue weighted by Gasteiger charge is 2.08. The molecule has 2 aromatic carbocycles. The van der Waals surface area contributed by atoms with Crippen LogP contribution in [0, 0.1) is 24.0 Å². The summed E-state index contributed by atoms with van der Waals surface area (Å²) in [7, 11) is 0. The van der Waals surface area contributed by atoms with Gasteiger partial charge in [-0.2, -0.15) is 9.59 Å². The third-order valence-electron chi connectivity index (χ3n) is 3.59. The molecule has 0 radical (unpaired) electrons. The van der Waals surface area contributed by atoms with Gasteiger partial charge in [0.2, 0.25) is 0 Å². The molecule has 126 valence electrons. The molecule has 0 spiro atoms. The molecular formula is C18H14N2O5. The van der Waals surface area contributed by atoms with Gasteiger partial charge >= 0.3 is 6.15 Å². The van der Waals surface area contributed by atoms with Gasteiger partial charge in [0.25, 0.3) is 5.69 Å². The highest BCUT2D eigenvalue weighted by molar-refractivity contribution is 5.86. The number of nitro benzene ring substituents is 1. The summed E-state index contributed by atoms with van der Waals surface area (Å²) in [6.07, 6.45) is 1.94. The lowest BCUT2D eigenvalue weighted by Gasteiger charge is -2.10. The fourth-order valence-electron chi connectivity index (χ4n) is 2.23. The van der Waals surface area contributed by atoms with E-state index in [0.717, 1.165) is 16.5 Å². The van der Waals surface area contributed by atoms with E-state index in [9.17, 15) is 10.1 Å². The zero-order valence-electron chi connectivity index (χ0n) is 13.6. The van der Waals surface area contributed by atoms with Crippen molar-refractivity contribution in [3.63, 3.8) is 0 Å². The molecule has 0 fully saturated rings. The summed E-state index contributed by atoms with van der Waals surface area (Å²) in [5.41, 5.74) is 3.24. The number of rotatable bonds is 3. The smallest absolute Gasteiger partial charge is 0.373 e. The number of hydrogen-bond donors (Lipinski definition) is 0. The van der Waals surface area contributed by atoms with Crippen molar-refractivity contribution < 1.29 is 19.2 Å². The van der Waals surface area contributed by atoms with Crippen molar-refractivity contribution in [3.05, 3.63) is 69.9 Å². The molecule has 0 aliphatic heterocycles. The number of aryl methyl sites for hydroxylation is 2. The van der Waals surface area contributed by atoms with E-state index in [1.54, 1.807) is 24.4 Å². The Kier molecular flexibility index (Phi) is 5.55. The molecule has 0 atom stereocenters. The number of carbonyl (C=O) groups excluding carboxylic acids is 2. The quantitative estimate of drug-likeness (QED) is 0.529. The minimum Gasteiger partial charge on any atom is -0.457 e. The van der Waals surface area contributed by atoms with Gasteiger partial charge in [-0.25, -0.2) is 0 Å². The molecule has 3 rings (SSSR count). The van der Waals surface area contributed by atoms with Crippen molar-refractivity contribution in [3.8, 4) is 11.5 Å².